The molecule has 0 aliphatic rings. The van der Waals surface area contributed by atoms with E-state index in [2.05, 4.69) is 5.32 Å². The monoisotopic (exact) mass is 207 g/mol. The number of carboxylic acid groups (broad SMARTS) is 1. The lowest BCUT2D eigenvalue weighted by Gasteiger charge is -2.28. The second kappa shape index (κ2) is 4.03. The van der Waals surface area contributed by atoms with E-state index in [0.29, 0.717) is 0 Å². The quantitative estimate of drug-likeness (QED) is 0.795. The zero-order valence-electron chi connectivity index (χ0n) is 9.59. The maximum Gasteiger partial charge on any atom is 0.328 e. The van der Waals surface area contributed by atoms with Crippen LogP contribution in [0.1, 0.15) is 23.6 Å². The molecule has 1 rings (SSSR count). The Labute approximate surface area is 90.1 Å². The molecule has 0 amide bonds. The van der Waals surface area contributed by atoms with E-state index in [-0.39, 0.29) is 0 Å². The highest BCUT2D eigenvalue weighted by Crippen LogP contribution is 2.27. The smallest absolute Gasteiger partial charge is 0.328 e. The van der Waals surface area contributed by atoms with Gasteiger partial charge in [-0.1, -0.05) is 18.2 Å². The fourth-order valence-corrected chi connectivity index (χ4v) is 1.94. The van der Waals surface area contributed by atoms with Crippen molar-refractivity contribution in [3.63, 3.8) is 0 Å². The molecule has 2 N–H and O–H groups in total. The van der Waals surface area contributed by atoms with Gasteiger partial charge in [-0.3, -0.25) is 0 Å². The number of hydrogen-bond donors (Lipinski definition) is 2. The van der Waals surface area contributed by atoms with Crippen molar-refractivity contribution in [3.05, 3.63) is 34.9 Å². The van der Waals surface area contributed by atoms with Crippen molar-refractivity contribution in [1.29, 1.82) is 0 Å². The van der Waals surface area contributed by atoms with E-state index in [0.717, 1.165) is 16.7 Å². The van der Waals surface area contributed by atoms with Gasteiger partial charge < -0.3 is 10.4 Å². The second-order valence-electron chi connectivity index (χ2n) is 3.95. The van der Waals surface area contributed by atoms with Gasteiger partial charge in [0, 0.05) is 0 Å². The summed E-state index contributed by atoms with van der Waals surface area (Å²) in [5, 5.41) is 12.1. The third-order valence-corrected chi connectivity index (χ3v) is 2.91. The maximum absolute atomic E-state index is 11.3. The van der Waals surface area contributed by atoms with Gasteiger partial charge in [0.25, 0.3) is 0 Å². The van der Waals surface area contributed by atoms with Gasteiger partial charge in [0.05, 0.1) is 0 Å². The van der Waals surface area contributed by atoms with Crippen molar-refractivity contribution in [3.8, 4) is 0 Å². The molecule has 0 bridgehead atoms. The van der Waals surface area contributed by atoms with Crippen LogP contribution >= 0.6 is 0 Å². The van der Waals surface area contributed by atoms with Crippen molar-refractivity contribution < 1.29 is 9.90 Å². The van der Waals surface area contributed by atoms with Crippen LogP contribution in [0, 0.1) is 13.8 Å². The molecular weight excluding hydrogens is 190 g/mol. The van der Waals surface area contributed by atoms with E-state index in [1.807, 2.05) is 32.0 Å². The van der Waals surface area contributed by atoms with Crippen LogP contribution in [0.3, 0.4) is 0 Å². The molecule has 15 heavy (non-hydrogen) atoms. The predicted molar refractivity (Wildman–Crippen MR) is 60.0 cm³/mol. The van der Waals surface area contributed by atoms with Crippen LogP contribution in [0.4, 0.5) is 0 Å². The minimum absolute atomic E-state index is 0.847. The number of rotatable bonds is 3. The Hall–Kier alpha value is -1.35. The Bertz CT molecular complexity index is 367. The van der Waals surface area contributed by atoms with Gasteiger partial charge >= 0.3 is 5.97 Å². The van der Waals surface area contributed by atoms with Gasteiger partial charge in [-0.15, -0.1) is 0 Å². The summed E-state index contributed by atoms with van der Waals surface area (Å²) >= 11 is 0. The normalized spacial score (nSPS) is 14.7. The first-order chi connectivity index (χ1) is 6.93. The molecule has 0 aliphatic carbocycles. The molecule has 0 aliphatic heterocycles. The van der Waals surface area contributed by atoms with Crippen LogP contribution < -0.4 is 5.32 Å². The molecule has 0 heterocycles. The van der Waals surface area contributed by atoms with Crippen LogP contribution in [0.15, 0.2) is 18.2 Å². The third kappa shape index (κ3) is 1.88. The highest BCUT2D eigenvalue weighted by Gasteiger charge is 2.35. The summed E-state index contributed by atoms with van der Waals surface area (Å²) in [7, 11) is 1.67. The molecular formula is C12H17NO2. The molecule has 0 spiro atoms. The lowest BCUT2D eigenvalue weighted by Crippen LogP contribution is -2.45. The summed E-state index contributed by atoms with van der Waals surface area (Å²) in [6.07, 6.45) is 0. The van der Waals surface area contributed by atoms with Gasteiger partial charge in [0.15, 0.2) is 0 Å². The summed E-state index contributed by atoms with van der Waals surface area (Å²) in [5.41, 5.74) is 1.82. The summed E-state index contributed by atoms with van der Waals surface area (Å²) in [6.45, 7) is 5.55. The van der Waals surface area contributed by atoms with Gasteiger partial charge in [0.1, 0.15) is 5.54 Å². The molecule has 3 heteroatoms. The van der Waals surface area contributed by atoms with E-state index in [1.54, 1.807) is 14.0 Å². The van der Waals surface area contributed by atoms with Crippen molar-refractivity contribution in [1.82, 2.24) is 5.32 Å². The fourth-order valence-electron chi connectivity index (χ4n) is 1.94. The third-order valence-electron chi connectivity index (χ3n) is 2.91. The number of aliphatic carboxylic acids is 1. The number of carbonyl (C=O) groups is 1. The minimum atomic E-state index is -1.02. The highest BCUT2D eigenvalue weighted by atomic mass is 16.4. The molecule has 82 valence electrons. The first kappa shape index (κ1) is 11.7. The van der Waals surface area contributed by atoms with Crippen molar-refractivity contribution in [2.24, 2.45) is 0 Å². The molecule has 0 aromatic heterocycles. The zero-order chi connectivity index (χ0) is 11.6. The number of carboxylic acids is 1. The Balaban J connectivity index is 3.42. The lowest BCUT2D eigenvalue weighted by atomic mass is 9.85. The molecule has 1 aromatic rings. The summed E-state index contributed by atoms with van der Waals surface area (Å²) < 4.78 is 0. The number of benzene rings is 1. The van der Waals surface area contributed by atoms with Gasteiger partial charge in [-0.25, -0.2) is 4.79 Å². The number of hydrogen-bond acceptors (Lipinski definition) is 2. The average Bonchev–Trinajstić information content (AvgIpc) is 2.16. The van der Waals surface area contributed by atoms with Crippen molar-refractivity contribution >= 4 is 5.97 Å². The Kier molecular flexibility index (Phi) is 3.15. The van der Waals surface area contributed by atoms with E-state index in [4.69, 9.17) is 0 Å². The van der Waals surface area contributed by atoms with Crippen LogP contribution in [0.25, 0.3) is 0 Å². The number of aryl methyl sites for hydroxylation is 2. The molecule has 1 atom stereocenters. The van der Waals surface area contributed by atoms with Crippen LogP contribution in [-0.2, 0) is 10.3 Å². The van der Waals surface area contributed by atoms with E-state index in [9.17, 15) is 9.90 Å². The van der Waals surface area contributed by atoms with Gasteiger partial charge in [-0.2, -0.15) is 0 Å². The first-order valence-electron chi connectivity index (χ1n) is 4.92. The zero-order valence-corrected chi connectivity index (χ0v) is 9.59. The number of likely N-dealkylation sites (N-methyl/N-ethyl adjacent to an activating group) is 1. The second-order valence-corrected chi connectivity index (χ2v) is 3.95. The lowest BCUT2D eigenvalue weighted by molar-refractivity contribution is -0.144. The van der Waals surface area contributed by atoms with Gasteiger partial charge in [-0.05, 0) is 44.5 Å². The minimum Gasteiger partial charge on any atom is -0.480 e. The molecule has 0 saturated carbocycles. The predicted octanol–water partition coefficient (Wildman–Crippen LogP) is 1.82. The summed E-state index contributed by atoms with van der Waals surface area (Å²) in [5.74, 6) is -0.859. The van der Waals surface area contributed by atoms with Crippen molar-refractivity contribution in [2.75, 3.05) is 7.05 Å². The SMILES string of the molecule is CNC(C)(C(=O)O)c1c(C)cccc1C. The van der Waals surface area contributed by atoms with Crippen molar-refractivity contribution in [2.45, 2.75) is 26.3 Å². The van der Waals surface area contributed by atoms with E-state index < -0.39 is 11.5 Å². The maximum atomic E-state index is 11.3. The Morgan fingerprint density at radius 3 is 2.13 bits per heavy atom. The van der Waals surface area contributed by atoms with Crippen LogP contribution in [0.5, 0.6) is 0 Å². The van der Waals surface area contributed by atoms with Crippen LogP contribution in [-0.4, -0.2) is 18.1 Å². The highest BCUT2D eigenvalue weighted by molar-refractivity contribution is 5.81. The van der Waals surface area contributed by atoms with Gasteiger partial charge in [0.2, 0.25) is 0 Å². The average molecular weight is 207 g/mol. The Morgan fingerprint density at radius 1 is 1.33 bits per heavy atom. The molecule has 0 radical (unpaired) electrons. The fraction of sp³-hybridized carbons (Fsp3) is 0.417. The van der Waals surface area contributed by atoms with E-state index in [1.165, 1.54) is 0 Å². The van der Waals surface area contributed by atoms with E-state index >= 15 is 0 Å². The molecule has 1 aromatic carbocycles. The molecule has 3 nitrogen and oxygen atoms in total. The largest absolute Gasteiger partial charge is 0.480 e. The topological polar surface area (TPSA) is 49.3 Å². The first-order valence-corrected chi connectivity index (χ1v) is 4.92. The van der Waals surface area contributed by atoms with Crippen LogP contribution in [0.2, 0.25) is 0 Å². The summed E-state index contributed by atoms with van der Waals surface area (Å²) in [4.78, 5) is 11.3. The molecule has 1 unspecified atom stereocenters. The number of nitrogens with one attached hydrogen (secondary N) is 1. The summed E-state index contributed by atoms with van der Waals surface area (Å²) in [6, 6.07) is 5.80. The standard InChI is InChI=1S/C12H17NO2/c1-8-6-5-7-9(2)10(8)12(3,13-4)11(14)15/h5-7,13H,1-4H3,(H,14,15). The Morgan fingerprint density at radius 2 is 1.80 bits per heavy atom. The molecule has 0 saturated heterocycles. The molecule has 0 fully saturated rings.